The number of hydrogen-bond acceptors (Lipinski definition) is 4. The normalized spacial score (nSPS) is 15.5. The first kappa shape index (κ1) is 18.5. The number of nitrogens with zero attached hydrogens (tertiary/aromatic N) is 2. The summed E-state index contributed by atoms with van der Waals surface area (Å²) in [7, 11) is 2.16. The van der Waals surface area contributed by atoms with Gasteiger partial charge in [-0.15, -0.1) is 0 Å². The van der Waals surface area contributed by atoms with E-state index < -0.39 is 0 Å². The Morgan fingerprint density at radius 3 is 2.57 bits per heavy atom. The van der Waals surface area contributed by atoms with Crippen molar-refractivity contribution in [3.63, 3.8) is 0 Å². The lowest BCUT2D eigenvalue weighted by atomic mass is 10.1. The fourth-order valence-corrected chi connectivity index (χ4v) is 3.53. The zero-order valence-corrected chi connectivity index (χ0v) is 16.1. The Bertz CT molecular complexity index is 928. The molecule has 1 fully saturated rings. The van der Waals surface area contributed by atoms with E-state index in [1.54, 1.807) is 6.26 Å². The average molecular weight is 375 g/mol. The van der Waals surface area contributed by atoms with Gasteiger partial charge < -0.3 is 14.6 Å². The van der Waals surface area contributed by atoms with E-state index in [-0.39, 0.29) is 5.91 Å². The zero-order chi connectivity index (χ0) is 19.3. The molecular formula is C23H25N3O2. The van der Waals surface area contributed by atoms with E-state index >= 15 is 0 Å². The Labute approximate surface area is 165 Å². The summed E-state index contributed by atoms with van der Waals surface area (Å²) >= 11 is 0. The van der Waals surface area contributed by atoms with Crippen LogP contribution in [0.2, 0.25) is 0 Å². The standard InChI is InChI=1S/C23H25N3O2/c1-25-11-13-26(14-12-25)17-18-6-5-9-20(16-18)24-23(27)22-21(10-15-28-22)19-7-3-2-4-8-19/h2-10,15-16H,11-14,17H2,1H3,(H,24,27). The van der Waals surface area contributed by atoms with Gasteiger partial charge in [0.15, 0.2) is 5.76 Å². The molecule has 1 amide bonds. The highest BCUT2D eigenvalue weighted by Crippen LogP contribution is 2.25. The lowest BCUT2D eigenvalue weighted by Crippen LogP contribution is -2.43. The molecule has 0 bridgehead atoms. The van der Waals surface area contributed by atoms with Crippen LogP contribution in [0.1, 0.15) is 16.1 Å². The summed E-state index contributed by atoms with van der Waals surface area (Å²) in [5.41, 5.74) is 3.74. The second-order valence-electron chi connectivity index (χ2n) is 7.26. The van der Waals surface area contributed by atoms with Crippen LogP contribution in [0.15, 0.2) is 71.3 Å². The van der Waals surface area contributed by atoms with Crippen molar-refractivity contribution in [1.82, 2.24) is 9.80 Å². The number of furan rings is 1. The largest absolute Gasteiger partial charge is 0.459 e. The average Bonchev–Trinajstić information content (AvgIpc) is 3.21. The van der Waals surface area contributed by atoms with Crippen molar-refractivity contribution in [2.75, 3.05) is 38.5 Å². The van der Waals surface area contributed by atoms with Crippen LogP contribution < -0.4 is 5.32 Å². The summed E-state index contributed by atoms with van der Waals surface area (Å²) in [6.07, 6.45) is 1.56. The van der Waals surface area contributed by atoms with Crippen LogP contribution in [-0.4, -0.2) is 48.9 Å². The lowest BCUT2D eigenvalue weighted by Gasteiger charge is -2.32. The van der Waals surface area contributed by atoms with Gasteiger partial charge in [0.05, 0.1) is 6.26 Å². The van der Waals surface area contributed by atoms with E-state index in [1.807, 2.05) is 54.6 Å². The molecule has 1 N–H and O–H groups in total. The van der Waals surface area contributed by atoms with Gasteiger partial charge in [-0.25, -0.2) is 0 Å². The topological polar surface area (TPSA) is 48.7 Å². The van der Waals surface area contributed by atoms with Gasteiger partial charge in [-0.05, 0) is 36.4 Å². The minimum absolute atomic E-state index is 0.236. The molecule has 2 aromatic carbocycles. The van der Waals surface area contributed by atoms with Crippen molar-refractivity contribution in [2.45, 2.75) is 6.54 Å². The Kier molecular flexibility index (Phi) is 5.55. The number of anilines is 1. The molecule has 0 aliphatic carbocycles. The molecule has 1 aromatic heterocycles. The lowest BCUT2D eigenvalue weighted by molar-refractivity contribution is 0.0997. The van der Waals surface area contributed by atoms with Gasteiger partial charge in [0, 0.05) is 44.0 Å². The van der Waals surface area contributed by atoms with Gasteiger partial charge >= 0.3 is 0 Å². The quantitative estimate of drug-likeness (QED) is 0.734. The number of piperazine rings is 1. The summed E-state index contributed by atoms with van der Waals surface area (Å²) in [6, 6.07) is 19.7. The van der Waals surface area contributed by atoms with E-state index in [0.717, 1.165) is 49.5 Å². The minimum atomic E-state index is -0.236. The molecule has 144 valence electrons. The van der Waals surface area contributed by atoms with Crippen molar-refractivity contribution in [3.05, 3.63) is 78.3 Å². The van der Waals surface area contributed by atoms with Crippen LogP contribution in [0.3, 0.4) is 0 Å². The highest BCUT2D eigenvalue weighted by Gasteiger charge is 2.18. The Balaban J connectivity index is 1.45. The summed E-state index contributed by atoms with van der Waals surface area (Å²) in [6.45, 7) is 5.22. The van der Waals surface area contributed by atoms with Crippen LogP contribution in [0.4, 0.5) is 5.69 Å². The molecule has 28 heavy (non-hydrogen) atoms. The molecule has 1 aliphatic heterocycles. The van der Waals surface area contributed by atoms with Crippen molar-refractivity contribution in [3.8, 4) is 11.1 Å². The number of benzene rings is 2. The van der Waals surface area contributed by atoms with Crippen LogP contribution >= 0.6 is 0 Å². The van der Waals surface area contributed by atoms with Gasteiger partial charge in [-0.1, -0.05) is 42.5 Å². The predicted octanol–water partition coefficient (Wildman–Crippen LogP) is 3.95. The third-order valence-corrected chi connectivity index (χ3v) is 5.14. The molecular weight excluding hydrogens is 350 g/mol. The molecule has 4 rings (SSSR count). The maximum Gasteiger partial charge on any atom is 0.292 e. The number of nitrogens with one attached hydrogen (secondary N) is 1. The SMILES string of the molecule is CN1CCN(Cc2cccc(NC(=O)c3occc3-c3ccccc3)c2)CC1. The maximum atomic E-state index is 12.8. The Morgan fingerprint density at radius 2 is 1.79 bits per heavy atom. The number of carbonyl (C=O) groups excluding carboxylic acids is 1. The van der Waals surface area contributed by atoms with Gasteiger partial charge in [-0.3, -0.25) is 9.69 Å². The fourth-order valence-electron chi connectivity index (χ4n) is 3.53. The maximum absolute atomic E-state index is 12.8. The van der Waals surface area contributed by atoms with Crippen molar-refractivity contribution in [2.24, 2.45) is 0 Å². The number of carbonyl (C=O) groups is 1. The minimum Gasteiger partial charge on any atom is -0.459 e. The van der Waals surface area contributed by atoms with Gasteiger partial charge in [0.1, 0.15) is 0 Å². The van der Waals surface area contributed by atoms with Crippen molar-refractivity contribution >= 4 is 11.6 Å². The van der Waals surface area contributed by atoms with Crippen LogP contribution in [-0.2, 0) is 6.54 Å². The van der Waals surface area contributed by atoms with Crippen LogP contribution in [0.25, 0.3) is 11.1 Å². The number of amides is 1. The first-order valence-corrected chi connectivity index (χ1v) is 9.63. The summed E-state index contributed by atoms with van der Waals surface area (Å²) in [5, 5.41) is 2.98. The second kappa shape index (κ2) is 8.42. The molecule has 2 heterocycles. The summed E-state index contributed by atoms with van der Waals surface area (Å²) in [5.74, 6) is 0.0938. The highest BCUT2D eigenvalue weighted by molar-refractivity contribution is 6.06. The van der Waals surface area contributed by atoms with E-state index in [0.29, 0.717) is 5.76 Å². The fraction of sp³-hybridized carbons (Fsp3) is 0.261. The summed E-state index contributed by atoms with van der Waals surface area (Å²) < 4.78 is 5.49. The monoisotopic (exact) mass is 375 g/mol. The van der Waals surface area contributed by atoms with Gasteiger partial charge in [0.25, 0.3) is 5.91 Å². The Morgan fingerprint density at radius 1 is 1.00 bits per heavy atom. The molecule has 0 unspecified atom stereocenters. The molecule has 0 saturated carbocycles. The molecule has 0 spiro atoms. The predicted molar refractivity (Wildman–Crippen MR) is 111 cm³/mol. The molecule has 1 saturated heterocycles. The van der Waals surface area contributed by atoms with E-state index in [1.165, 1.54) is 5.56 Å². The highest BCUT2D eigenvalue weighted by atomic mass is 16.3. The number of rotatable bonds is 5. The molecule has 1 aliphatic rings. The third kappa shape index (κ3) is 4.32. The number of hydrogen-bond donors (Lipinski definition) is 1. The van der Waals surface area contributed by atoms with E-state index in [9.17, 15) is 4.79 Å². The number of likely N-dealkylation sites (N-methyl/N-ethyl adjacent to an activating group) is 1. The zero-order valence-electron chi connectivity index (χ0n) is 16.1. The molecule has 0 radical (unpaired) electrons. The second-order valence-corrected chi connectivity index (χ2v) is 7.26. The Hall–Kier alpha value is -2.89. The molecule has 5 heteroatoms. The van der Waals surface area contributed by atoms with Crippen molar-refractivity contribution in [1.29, 1.82) is 0 Å². The van der Waals surface area contributed by atoms with E-state index in [2.05, 4.69) is 28.2 Å². The van der Waals surface area contributed by atoms with Crippen molar-refractivity contribution < 1.29 is 9.21 Å². The summed E-state index contributed by atoms with van der Waals surface area (Å²) in [4.78, 5) is 17.6. The first-order valence-electron chi connectivity index (χ1n) is 9.63. The molecule has 5 nitrogen and oxygen atoms in total. The molecule has 0 atom stereocenters. The van der Waals surface area contributed by atoms with Gasteiger partial charge in [0.2, 0.25) is 0 Å². The van der Waals surface area contributed by atoms with Gasteiger partial charge in [-0.2, -0.15) is 0 Å². The molecule has 3 aromatic rings. The smallest absolute Gasteiger partial charge is 0.292 e. The van der Waals surface area contributed by atoms with E-state index in [4.69, 9.17) is 4.42 Å². The third-order valence-electron chi connectivity index (χ3n) is 5.14. The van der Waals surface area contributed by atoms with Crippen LogP contribution in [0, 0.1) is 0 Å². The first-order chi connectivity index (χ1) is 13.7. The van der Waals surface area contributed by atoms with Crippen LogP contribution in [0.5, 0.6) is 0 Å².